The highest BCUT2D eigenvalue weighted by Crippen LogP contribution is 2.33. The van der Waals surface area contributed by atoms with E-state index >= 15 is 0 Å². The Bertz CT molecular complexity index is 733. The van der Waals surface area contributed by atoms with Gasteiger partial charge in [-0.05, 0) is 0 Å². The molecule has 0 aliphatic carbocycles. The van der Waals surface area contributed by atoms with Crippen molar-refractivity contribution in [1.29, 1.82) is 0 Å². The second kappa shape index (κ2) is 5.08. The summed E-state index contributed by atoms with van der Waals surface area (Å²) < 4.78 is 79.2. The maximum atomic E-state index is 13.6. The number of carboxylic acid groups (broad SMARTS) is 1. The number of aromatic nitrogens is 1. The highest BCUT2D eigenvalue weighted by Gasteiger charge is 2.29. The molecule has 2 aromatic rings. The molecule has 21 heavy (non-hydrogen) atoms. The second-order valence-corrected chi connectivity index (χ2v) is 3.80. The van der Waals surface area contributed by atoms with E-state index in [0.717, 1.165) is 0 Å². The van der Waals surface area contributed by atoms with Gasteiger partial charge in [0.05, 0.1) is 11.1 Å². The molecule has 1 heterocycles. The largest absolute Gasteiger partial charge is 0.478 e. The normalized spacial score (nSPS) is 10.8. The highest BCUT2D eigenvalue weighted by atomic mass is 19.2. The highest BCUT2D eigenvalue weighted by molar-refractivity contribution is 5.95. The molecule has 1 aromatic carbocycles. The Kier molecular flexibility index (Phi) is 3.58. The topological polar surface area (TPSA) is 50.2 Å². The van der Waals surface area contributed by atoms with Crippen molar-refractivity contribution in [2.24, 2.45) is 0 Å². The van der Waals surface area contributed by atoms with E-state index < -0.39 is 57.7 Å². The Morgan fingerprint density at radius 1 is 0.905 bits per heavy atom. The first kappa shape index (κ1) is 14.8. The molecule has 0 spiro atoms. The molecule has 0 atom stereocenters. The first-order valence-electron chi connectivity index (χ1n) is 5.16. The standard InChI is InChI=1S/C12H3F6NO2/c13-5-1-3(12(20)21)4(2-19-5)6-7(14)9(16)11(18)10(17)8(6)15/h1-2H,(H,20,21). The lowest BCUT2D eigenvalue weighted by Crippen LogP contribution is -2.08. The second-order valence-electron chi connectivity index (χ2n) is 3.80. The lowest BCUT2D eigenvalue weighted by molar-refractivity contribution is 0.0697. The molecule has 0 fully saturated rings. The van der Waals surface area contributed by atoms with Crippen LogP contribution in [0.15, 0.2) is 12.3 Å². The minimum absolute atomic E-state index is 0.301. The van der Waals surface area contributed by atoms with E-state index in [9.17, 15) is 31.1 Å². The zero-order chi connectivity index (χ0) is 15.9. The summed E-state index contributed by atoms with van der Waals surface area (Å²) in [6, 6.07) is 0.301. The average molecular weight is 307 g/mol. The number of benzene rings is 1. The molecule has 110 valence electrons. The van der Waals surface area contributed by atoms with E-state index in [-0.39, 0.29) is 0 Å². The molecular weight excluding hydrogens is 304 g/mol. The van der Waals surface area contributed by atoms with Crippen molar-refractivity contribution in [3.05, 3.63) is 52.9 Å². The summed E-state index contributed by atoms with van der Waals surface area (Å²) in [6.45, 7) is 0. The van der Waals surface area contributed by atoms with Crippen molar-refractivity contribution < 1.29 is 36.2 Å². The number of carboxylic acids is 1. The van der Waals surface area contributed by atoms with Crippen LogP contribution in [-0.4, -0.2) is 16.1 Å². The van der Waals surface area contributed by atoms with Gasteiger partial charge in [-0.25, -0.2) is 31.7 Å². The summed E-state index contributed by atoms with van der Waals surface area (Å²) in [5.41, 5.74) is -3.42. The predicted molar refractivity (Wildman–Crippen MR) is 56.4 cm³/mol. The van der Waals surface area contributed by atoms with Crippen molar-refractivity contribution in [2.45, 2.75) is 0 Å². The van der Waals surface area contributed by atoms with Crippen molar-refractivity contribution in [3.63, 3.8) is 0 Å². The fourth-order valence-electron chi connectivity index (χ4n) is 1.65. The molecule has 0 saturated carbocycles. The van der Waals surface area contributed by atoms with Gasteiger partial charge in [0.25, 0.3) is 0 Å². The Hall–Kier alpha value is -2.58. The van der Waals surface area contributed by atoms with E-state index in [0.29, 0.717) is 12.3 Å². The third-order valence-corrected chi connectivity index (χ3v) is 2.58. The van der Waals surface area contributed by atoms with E-state index in [4.69, 9.17) is 5.11 Å². The molecule has 0 radical (unpaired) electrons. The van der Waals surface area contributed by atoms with Crippen molar-refractivity contribution in [3.8, 4) is 11.1 Å². The van der Waals surface area contributed by atoms with Gasteiger partial charge in [-0.2, -0.15) is 4.39 Å². The monoisotopic (exact) mass is 307 g/mol. The van der Waals surface area contributed by atoms with Gasteiger partial charge in [0.15, 0.2) is 23.3 Å². The SMILES string of the molecule is O=C(O)c1cc(F)ncc1-c1c(F)c(F)c(F)c(F)c1F. The molecule has 0 saturated heterocycles. The third kappa shape index (κ3) is 2.30. The first-order valence-corrected chi connectivity index (χ1v) is 5.16. The maximum absolute atomic E-state index is 13.6. The van der Waals surface area contributed by atoms with Crippen molar-refractivity contribution in [1.82, 2.24) is 4.98 Å². The number of hydrogen-bond acceptors (Lipinski definition) is 2. The number of halogens is 6. The molecular formula is C12H3F6NO2. The van der Waals surface area contributed by atoms with E-state index in [2.05, 4.69) is 4.98 Å². The molecule has 0 aliphatic rings. The van der Waals surface area contributed by atoms with Crippen LogP contribution in [-0.2, 0) is 0 Å². The number of carbonyl (C=O) groups is 1. The number of hydrogen-bond donors (Lipinski definition) is 1. The summed E-state index contributed by atoms with van der Waals surface area (Å²) in [6.07, 6.45) is 0.372. The fourth-order valence-corrected chi connectivity index (χ4v) is 1.65. The van der Waals surface area contributed by atoms with Gasteiger partial charge >= 0.3 is 5.97 Å². The van der Waals surface area contributed by atoms with Gasteiger partial charge in [-0.1, -0.05) is 0 Å². The van der Waals surface area contributed by atoms with Crippen LogP contribution in [0.5, 0.6) is 0 Å². The first-order chi connectivity index (χ1) is 9.75. The maximum Gasteiger partial charge on any atom is 0.336 e. The molecule has 0 amide bonds. The summed E-state index contributed by atoms with van der Waals surface area (Å²) >= 11 is 0. The van der Waals surface area contributed by atoms with E-state index in [1.807, 2.05) is 0 Å². The summed E-state index contributed by atoms with van der Waals surface area (Å²) in [7, 11) is 0. The number of nitrogens with zero attached hydrogens (tertiary/aromatic N) is 1. The third-order valence-electron chi connectivity index (χ3n) is 2.58. The molecule has 1 N–H and O–H groups in total. The van der Waals surface area contributed by atoms with Crippen LogP contribution in [0.4, 0.5) is 26.3 Å². The summed E-state index contributed by atoms with van der Waals surface area (Å²) in [5.74, 6) is -14.5. The molecule has 0 unspecified atom stereocenters. The van der Waals surface area contributed by atoms with Crippen molar-refractivity contribution >= 4 is 5.97 Å². The molecule has 2 rings (SSSR count). The van der Waals surface area contributed by atoms with Gasteiger partial charge in [0.2, 0.25) is 11.8 Å². The number of aromatic carboxylic acids is 1. The van der Waals surface area contributed by atoms with Crippen LogP contribution >= 0.6 is 0 Å². The van der Waals surface area contributed by atoms with Gasteiger partial charge in [0.1, 0.15) is 0 Å². The van der Waals surface area contributed by atoms with Crippen LogP contribution in [0.1, 0.15) is 10.4 Å². The predicted octanol–water partition coefficient (Wildman–Crippen LogP) is 3.28. The molecule has 9 heteroatoms. The molecule has 1 aromatic heterocycles. The Labute approximate surface area is 112 Å². The van der Waals surface area contributed by atoms with Crippen molar-refractivity contribution in [2.75, 3.05) is 0 Å². The van der Waals surface area contributed by atoms with Crippen LogP contribution in [0, 0.1) is 35.0 Å². The van der Waals surface area contributed by atoms with Crippen LogP contribution in [0.25, 0.3) is 11.1 Å². The smallest absolute Gasteiger partial charge is 0.336 e. The fraction of sp³-hybridized carbons (Fsp3) is 0. The summed E-state index contributed by atoms with van der Waals surface area (Å²) in [5, 5.41) is 8.83. The van der Waals surface area contributed by atoms with Gasteiger partial charge in [-0.15, -0.1) is 0 Å². The Balaban J connectivity index is 2.89. The van der Waals surface area contributed by atoms with Crippen LogP contribution in [0.3, 0.4) is 0 Å². The van der Waals surface area contributed by atoms with Crippen LogP contribution < -0.4 is 0 Å². The Morgan fingerprint density at radius 3 is 1.86 bits per heavy atom. The van der Waals surface area contributed by atoms with E-state index in [1.165, 1.54) is 0 Å². The minimum Gasteiger partial charge on any atom is -0.478 e. The van der Waals surface area contributed by atoms with E-state index in [1.54, 1.807) is 0 Å². The minimum atomic E-state index is -2.39. The zero-order valence-electron chi connectivity index (χ0n) is 9.73. The number of rotatable bonds is 2. The summed E-state index contributed by atoms with van der Waals surface area (Å²) in [4.78, 5) is 13.9. The lowest BCUT2D eigenvalue weighted by atomic mass is 10.00. The Morgan fingerprint density at radius 2 is 1.38 bits per heavy atom. The van der Waals surface area contributed by atoms with Crippen LogP contribution in [0.2, 0.25) is 0 Å². The lowest BCUT2D eigenvalue weighted by Gasteiger charge is -2.10. The molecule has 3 nitrogen and oxygen atoms in total. The average Bonchev–Trinajstić information content (AvgIpc) is 2.44. The number of pyridine rings is 1. The zero-order valence-corrected chi connectivity index (χ0v) is 9.73. The quantitative estimate of drug-likeness (QED) is 0.401. The molecule has 0 aliphatic heterocycles. The van der Waals surface area contributed by atoms with Gasteiger partial charge < -0.3 is 5.11 Å². The van der Waals surface area contributed by atoms with Gasteiger partial charge in [0, 0.05) is 17.8 Å². The molecule has 0 bridgehead atoms. The van der Waals surface area contributed by atoms with Gasteiger partial charge in [-0.3, -0.25) is 0 Å².